The van der Waals surface area contributed by atoms with Gasteiger partial charge in [-0.05, 0) is 58.7 Å². The second-order valence-corrected chi connectivity index (χ2v) is 7.73. The lowest BCUT2D eigenvalue weighted by molar-refractivity contribution is 0.0955. The maximum Gasteiger partial charge on any atom is 0.291 e. The first kappa shape index (κ1) is 20.6. The molecule has 156 valence electrons. The fraction of sp³-hybridized carbons (Fsp3) is 0.0870. The molecule has 0 fully saturated rings. The quantitative estimate of drug-likeness (QED) is 0.314. The van der Waals surface area contributed by atoms with Gasteiger partial charge in [-0.1, -0.05) is 30.3 Å². The standard InChI is InChI=1S/C23H19BrN4O3/c1-14(26-27-22(29)18-13-28(2)19-6-4-3-5-17(18)19)15-7-9-16(10-8-15)25-23(30)20-11-12-21(24)31-20/h3-13H,1-2H3,(H,25,30)(H,27,29)/b26-14+. The molecule has 4 aromatic rings. The first-order valence-electron chi connectivity index (χ1n) is 9.48. The van der Waals surface area contributed by atoms with Crippen LogP contribution >= 0.6 is 15.9 Å². The minimum atomic E-state index is -0.341. The Kier molecular flexibility index (Phi) is 5.73. The van der Waals surface area contributed by atoms with Gasteiger partial charge in [0.15, 0.2) is 10.4 Å². The highest BCUT2D eigenvalue weighted by molar-refractivity contribution is 9.10. The average molecular weight is 479 g/mol. The first-order chi connectivity index (χ1) is 14.9. The molecule has 0 aliphatic rings. The maximum atomic E-state index is 12.6. The summed E-state index contributed by atoms with van der Waals surface area (Å²) in [4.78, 5) is 24.8. The van der Waals surface area contributed by atoms with Crippen molar-refractivity contribution in [1.29, 1.82) is 0 Å². The van der Waals surface area contributed by atoms with Crippen LogP contribution in [0.15, 0.2) is 81.0 Å². The van der Waals surface area contributed by atoms with Crippen LogP contribution in [-0.2, 0) is 7.05 Å². The number of aromatic nitrogens is 1. The molecule has 0 unspecified atom stereocenters. The molecule has 31 heavy (non-hydrogen) atoms. The van der Waals surface area contributed by atoms with E-state index < -0.39 is 0 Å². The molecule has 0 atom stereocenters. The number of rotatable bonds is 5. The van der Waals surface area contributed by atoms with Gasteiger partial charge in [0, 0.05) is 29.8 Å². The van der Waals surface area contributed by atoms with E-state index in [1.54, 1.807) is 37.4 Å². The first-order valence-corrected chi connectivity index (χ1v) is 10.3. The minimum absolute atomic E-state index is 0.213. The molecule has 2 aromatic heterocycles. The molecule has 0 spiro atoms. The van der Waals surface area contributed by atoms with Gasteiger partial charge in [0.25, 0.3) is 11.8 Å². The fourth-order valence-corrected chi connectivity index (χ4v) is 3.51. The summed E-state index contributed by atoms with van der Waals surface area (Å²) < 4.78 is 7.65. The Bertz CT molecular complexity index is 1300. The van der Waals surface area contributed by atoms with Gasteiger partial charge in [0.2, 0.25) is 0 Å². The lowest BCUT2D eigenvalue weighted by Gasteiger charge is -2.06. The Morgan fingerprint density at radius 1 is 1.00 bits per heavy atom. The van der Waals surface area contributed by atoms with Gasteiger partial charge in [-0.2, -0.15) is 5.10 Å². The monoisotopic (exact) mass is 478 g/mol. The van der Waals surface area contributed by atoms with Crippen molar-refractivity contribution in [2.45, 2.75) is 6.92 Å². The van der Waals surface area contributed by atoms with Crippen molar-refractivity contribution in [3.8, 4) is 0 Å². The third-order valence-corrected chi connectivity index (χ3v) is 5.25. The Morgan fingerprint density at radius 3 is 2.45 bits per heavy atom. The van der Waals surface area contributed by atoms with E-state index in [1.807, 2.05) is 48.0 Å². The Labute approximate surface area is 186 Å². The van der Waals surface area contributed by atoms with Gasteiger partial charge in [-0.3, -0.25) is 9.59 Å². The number of para-hydroxylation sites is 1. The molecular formula is C23H19BrN4O3. The highest BCUT2D eigenvalue weighted by Gasteiger charge is 2.13. The van der Waals surface area contributed by atoms with Crippen LogP contribution in [0.1, 0.15) is 33.4 Å². The van der Waals surface area contributed by atoms with Gasteiger partial charge in [-0.25, -0.2) is 5.43 Å². The van der Waals surface area contributed by atoms with Crippen molar-refractivity contribution in [2.75, 3.05) is 5.32 Å². The molecule has 4 rings (SSSR count). The zero-order chi connectivity index (χ0) is 22.0. The summed E-state index contributed by atoms with van der Waals surface area (Å²) in [6, 6.07) is 18.1. The van der Waals surface area contributed by atoms with Gasteiger partial charge in [0.1, 0.15) is 0 Å². The van der Waals surface area contributed by atoms with Crippen LogP contribution in [0.2, 0.25) is 0 Å². The number of hydrazone groups is 1. The van der Waals surface area contributed by atoms with E-state index >= 15 is 0 Å². The number of hydrogen-bond donors (Lipinski definition) is 2. The summed E-state index contributed by atoms with van der Waals surface area (Å²) in [5, 5.41) is 7.87. The number of benzene rings is 2. The minimum Gasteiger partial charge on any atom is -0.444 e. The van der Waals surface area contributed by atoms with Gasteiger partial charge in [-0.15, -0.1) is 0 Å². The number of anilines is 1. The maximum absolute atomic E-state index is 12.6. The van der Waals surface area contributed by atoms with E-state index in [2.05, 4.69) is 31.8 Å². The van der Waals surface area contributed by atoms with Crippen molar-refractivity contribution >= 4 is 50.0 Å². The molecule has 2 heterocycles. The number of nitrogens with zero attached hydrogens (tertiary/aromatic N) is 2. The summed E-state index contributed by atoms with van der Waals surface area (Å²) in [6.07, 6.45) is 1.79. The van der Waals surface area contributed by atoms with Gasteiger partial charge >= 0.3 is 0 Å². The molecule has 2 amide bonds. The van der Waals surface area contributed by atoms with Crippen molar-refractivity contribution in [3.63, 3.8) is 0 Å². The topological polar surface area (TPSA) is 88.6 Å². The number of amides is 2. The number of halogens is 1. The fourth-order valence-electron chi connectivity index (χ4n) is 3.21. The van der Waals surface area contributed by atoms with E-state index in [-0.39, 0.29) is 17.6 Å². The summed E-state index contributed by atoms with van der Waals surface area (Å²) in [7, 11) is 1.90. The summed E-state index contributed by atoms with van der Waals surface area (Å²) in [5.74, 6) is -0.402. The highest BCUT2D eigenvalue weighted by Crippen LogP contribution is 2.20. The third-order valence-electron chi connectivity index (χ3n) is 4.82. The SMILES string of the molecule is C/C(=N\NC(=O)c1cn(C)c2ccccc12)c1ccc(NC(=O)c2ccc(Br)o2)cc1. The molecule has 2 N–H and O–H groups in total. The largest absolute Gasteiger partial charge is 0.444 e. The van der Waals surface area contributed by atoms with Crippen molar-refractivity contribution in [1.82, 2.24) is 9.99 Å². The normalized spacial score (nSPS) is 11.5. The van der Waals surface area contributed by atoms with Crippen LogP contribution in [0.3, 0.4) is 0 Å². The molecule has 0 saturated carbocycles. The third kappa shape index (κ3) is 4.44. The van der Waals surface area contributed by atoms with Crippen molar-refractivity contribution < 1.29 is 14.0 Å². The molecule has 8 heteroatoms. The van der Waals surface area contributed by atoms with Crippen LogP contribution in [0.4, 0.5) is 5.69 Å². The van der Waals surface area contributed by atoms with Crippen molar-refractivity contribution in [2.24, 2.45) is 12.1 Å². The van der Waals surface area contributed by atoms with Gasteiger partial charge < -0.3 is 14.3 Å². The molecule has 2 aromatic carbocycles. The van der Waals surface area contributed by atoms with Crippen LogP contribution in [0.5, 0.6) is 0 Å². The molecule has 0 aliphatic heterocycles. The number of furan rings is 1. The van der Waals surface area contributed by atoms with Crippen LogP contribution in [0.25, 0.3) is 10.9 Å². The van der Waals surface area contributed by atoms with Crippen LogP contribution in [0, 0.1) is 0 Å². The van der Waals surface area contributed by atoms with Crippen molar-refractivity contribution in [3.05, 3.63) is 88.4 Å². The predicted molar refractivity (Wildman–Crippen MR) is 123 cm³/mol. The van der Waals surface area contributed by atoms with Crippen LogP contribution < -0.4 is 10.7 Å². The summed E-state index contributed by atoms with van der Waals surface area (Å²) >= 11 is 3.17. The highest BCUT2D eigenvalue weighted by atomic mass is 79.9. The Balaban J connectivity index is 1.43. The second kappa shape index (κ2) is 8.61. The zero-order valence-corrected chi connectivity index (χ0v) is 18.4. The zero-order valence-electron chi connectivity index (χ0n) is 16.8. The molecule has 0 radical (unpaired) electrons. The number of nitrogens with one attached hydrogen (secondary N) is 2. The molecule has 0 saturated heterocycles. The number of fused-ring (bicyclic) bond motifs is 1. The number of hydrogen-bond acceptors (Lipinski definition) is 4. The average Bonchev–Trinajstić information content (AvgIpc) is 3.36. The van der Waals surface area contributed by atoms with E-state index in [9.17, 15) is 9.59 Å². The van der Waals surface area contributed by atoms with E-state index in [1.165, 1.54) is 0 Å². The number of aryl methyl sites for hydroxylation is 1. The molecule has 0 bridgehead atoms. The van der Waals surface area contributed by atoms with E-state index in [4.69, 9.17) is 4.42 Å². The van der Waals surface area contributed by atoms with Gasteiger partial charge in [0.05, 0.1) is 11.3 Å². The van der Waals surface area contributed by atoms with E-state index in [0.717, 1.165) is 16.5 Å². The predicted octanol–water partition coefficient (Wildman–Crippen LogP) is 4.94. The lowest BCUT2D eigenvalue weighted by atomic mass is 10.1. The second-order valence-electron chi connectivity index (χ2n) is 6.94. The molecule has 0 aliphatic carbocycles. The smallest absolute Gasteiger partial charge is 0.291 e. The Hall–Kier alpha value is -3.65. The summed E-state index contributed by atoms with van der Waals surface area (Å²) in [5.41, 5.74) is 6.25. The number of carbonyl (C=O) groups excluding carboxylic acids is 2. The lowest BCUT2D eigenvalue weighted by Crippen LogP contribution is -2.19. The number of carbonyl (C=O) groups is 2. The molecular weight excluding hydrogens is 460 g/mol. The van der Waals surface area contributed by atoms with Crippen LogP contribution in [-0.4, -0.2) is 22.1 Å². The molecule has 7 nitrogen and oxygen atoms in total. The Morgan fingerprint density at radius 2 is 1.74 bits per heavy atom. The summed E-state index contributed by atoms with van der Waals surface area (Å²) in [6.45, 7) is 1.80. The van der Waals surface area contributed by atoms with E-state index in [0.29, 0.717) is 21.6 Å².